The van der Waals surface area contributed by atoms with Gasteiger partial charge in [-0.3, -0.25) is 4.90 Å². The van der Waals surface area contributed by atoms with E-state index in [1.807, 2.05) is 31.6 Å². The van der Waals surface area contributed by atoms with Crippen LogP contribution in [0.3, 0.4) is 0 Å². The summed E-state index contributed by atoms with van der Waals surface area (Å²) in [6.07, 6.45) is 4.44. The van der Waals surface area contributed by atoms with Gasteiger partial charge in [0.1, 0.15) is 5.65 Å². The Kier molecular flexibility index (Phi) is 4.00. The predicted octanol–water partition coefficient (Wildman–Crippen LogP) is 2.83. The van der Waals surface area contributed by atoms with Crippen LogP contribution in [-0.2, 0) is 6.54 Å². The fourth-order valence-electron chi connectivity index (χ4n) is 1.82. The Hall–Kier alpha value is -1.38. The van der Waals surface area contributed by atoms with E-state index in [0.717, 1.165) is 22.4 Å². The minimum Gasteiger partial charge on any atom is -0.302 e. The Labute approximate surface area is 115 Å². The highest BCUT2D eigenvalue weighted by molar-refractivity contribution is 9.10. The number of fused-ring (bicyclic) bond motifs is 1. The molecule has 2 heterocycles. The first-order valence-electron chi connectivity index (χ1n) is 5.80. The fourth-order valence-corrected chi connectivity index (χ4v) is 2.16. The minimum atomic E-state index is 0.243. The van der Waals surface area contributed by atoms with Crippen molar-refractivity contribution >= 4 is 21.6 Å². The van der Waals surface area contributed by atoms with Crippen molar-refractivity contribution in [1.29, 1.82) is 5.26 Å². The SMILES string of the molecule is C[C@H](CC#N)N(C)Cc1cnc2ccc(Br)cn12. The van der Waals surface area contributed by atoms with Crippen molar-refractivity contribution < 1.29 is 0 Å². The van der Waals surface area contributed by atoms with Crippen molar-refractivity contribution in [3.63, 3.8) is 0 Å². The maximum atomic E-state index is 8.72. The Morgan fingerprint density at radius 2 is 2.33 bits per heavy atom. The number of hydrogen-bond acceptors (Lipinski definition) is 3. The molecule has 0 fully saturated rings. The Balaban J connectivity index is 2.22. The van der Waals surface area contributed by atoms with Crippen LogP contribution in [0.25, 0.3) is 5.65 Å². The summed E-state index contributed by atoms with van der Waals surface area (Å²) in [6, 6.07) is 6.40. The van der Waals surface area contributed by atoms with Gasteiger partial charge in [0.05, 0.1) is 24.4 Å². The summed E-state index contributed by atoms with van der Waals surface area (Å²) in [7, 11) is 2.03. The lowest BCUT2D eigenvalue weighted by Crippen LogP contribution is -2.28. The number of nitriles is 1. The first kappa shape index (κ1) is 13.1. The van der Waals surface area contributed by atoms with E-state index in [9.17, 15) is 0 Å². The second-order valence-electron chi connectivity index (χ2n) is 4.45. The Morgan fingerprint density at radius 3 is 3.06 bits per heavy atom. The molecule has 0 aliphatic rings. The molecule has 2 aromatic heterocycles. The van der Waals surface area contributed by atoms with Crippen molar-refractivity contribution in [2.75, 3.05) is 7.05 Å². The smallest absolute Gasteiger partial charge is 0.136 e. The van der Waals surface area contributed by atoms with Gasteiger partial charge in [-0.25, -0.2) is 4.98 Å². The van der Waals surface area contributed by atoms with Gasteiger partial charge in [-0.1, -0.05) is 0 Å². The Bertz CT molecular complexity index is 584. The molecule has 2 rings (SSSR count). The number of pyridine rings is 1. The molecule has 5 heteroatoms. The molecule has 1 atom stereocenters. The molecule has 0 bridgehead atoms. The van der Waals surface area contributed by atoms with E-state index in [1.54, 1.807) is 0 Å². The van der Waals surface area contributed by atoms with Gasteiger partial charge in [0.15, 0.2) is 0 Å². The molecule has 0 spiro atoms. The van der Waals surface area contributed by atoms with E-state index in [0.29, 0.717) is 6.42 Å². The average Bonchev–Trinajstić information content (AvgIpc) is 2.72. The van der Waals surface area contributed by atoms with Crippen LogP contribution in [0.1, 0.15) is 19.0 Å². The summed E-state index contributed by atoms with van der Waals surface area (Å²) in [6.45, 7) is 2.84. The maximum Gasteiger partial charge on any atom is 0.136 e. The highest BCUT2D eigenvalue weighted by Gasteiger charge is 2.12. The zero-order valence-corrected chi connectivity index (χ0v) is 12.1. The molecular weight excluding hydrogens is 292 g/mol. The molecule has 0 aromatic carbocycles. The summed E-state index contributed by atoms with van der Waals surface area (Å²) in [5.41, 5.74) is 2.06. The van der Waals surface area contributed by atoms with Gasteiger partial charge in [0.25, 0.3) is 0 Å². The largest absolute Gasteiger partial charge is 0.302 e. The van der Waals surface area contributed by atoms with E-state index >= 15 is 0 Å². The van der Waals surface area contributed by atoms with Gasteiger partial charge in [-0.15, -0.1) is 0 Å². The lowest BCUT2D eigenvalue weighted by molar-refractivity contribution is 0.249. The van der Waals surface area contributed by atoms with Crippen LogP contribution in [0.2, 0.25) is 0 Å². The van der Waals surface area contributed by atoms with E-state index in [1.165, 1.54) is 0 Å². The van der Waals surface area contributed by atoms with Crippen LogP contribution >= 0.6 is 15.9 Å². The molecule has 0 amide bonds. The molecule has 0 aliphatic carbocycles. The van der Waals surface area contributed by atoms with Gasteiger partial charge >= 0.3 is 0 Å². The lowest BCUT2D eigenvalue weighted by atomic mass is 10.2. The number of aromatic nitrogens is 2. The molecule has 0 N–H and O–H groups in total. The number of halogens is 1. The summed E-state index contributed by atoms with van der Waals surface area (Å²) in [4.78, 5) is 6.53. The standard InChI is InChI=1S/C13H15BrN4/c1-10(5-6-15)17(2)9-12-7-16-13-4-3-11(14)8-18(12)13/h3-4,7-8,10H,5,9H2,1-2H3/t10-/m1/s1. The van der Waals surface area contributed by atoms with Crippen LogP contribution in [0.15, 0.2) is 29.0 Å². The second-order valence-corrected chi connectivity index (χ2v) is 5.37. The summed E-state index contributed by atoms with van der Waals surface area (Å²) in [5.74, 6) is 0. The fraction of sp³-hybridized carbons (Fsp3) is 0.385. The highest BCUT2D eigenvalue weighted by Crippen LogP contribution is 2.15. The van der Waals surface area contributed by atoms with E-state index in [4.69, 9.17) is 5.26 Å². The Morgan fingerprint density at radius 1 is 1.56 bits per heavy atom. The van der Waals surface area contributed by atoms with E-state index in [-0.39, 0.29) is 6.04 Å². The molecule has 4 nitrogen and oxygen atoms in total. The normalized spacial score (nSPS) is 12.8. The highest BCUT2D eigenvalue weighted by atomic mass is 79.9. The third-order valence-corrected chi connectivity index (χ3v) is 3.57. The zero-order valence-electron chi connectivity index (χ0n) is 10.5. The quantitative estimate of drug-likeness (QED) is 0.872. The van der Waals surface area contributed by atoms with Gasteiger partial charge in [-0.05, 0) is 42.0 Å². The van der Waals surface area contributed by atoms with Crippen molar-refractivity contribution in [1.82, 2.24) is 14.3 Å². The molecule has 0 saturated heterocycles. The van der Waals surface area contributed by atoms with Gasteiger partial charge in [0, 0.05) is 23.3 Å². The molecular formula is C13H15BrN4. The zero-order chi connectivity index (χ0) is 13.1. The van der Waals surface area contributed by atoms with Crippen molar-refractivity contribution in [3.05, 3.63) is 34.7 Å². The van der Waals surface area contributed by atoms with Gasteiger partial charge in [-0.2, -0.15) is 5.26 Å². The maximum absolute atomic E-state index is 8.72. The van der Waals surface area contributed by atoms with Crippen LogP contribution in [0.5, 0.6) is 0 Å². The van der Waals surface area contributed by atoms with Crippen LogP contribution in [0.4, 0.5) is 0 Å². The molecule has 18 heavy (non-hydrogen) atoms. The van der Waals surface area contributed by atoms with Crippen LogP contribution in [-0.4, -0.2) is 27.4 Å². The van der Waals surface area contributed by atoms with Crippen molar-refractivity contribution in [2.24, 2.45) is 0 Å². The van der Waals surface area contributed by atoms with Crippen LogP contribution < -0.4 is 0 Å². The number of rotatable bonds is 4. The number of nitrogens with zero attached hydrogens (tertiary/aromatic N) is 4. The molecule has 94 valence electrons. The first-order valence-corrected chi connectivity index (χ1v) is 6.60. The predicted molar refractivity (Wildman–Crippen MR) is 74.1 cm³/mol. The first-order chi connectivity index (χ1) is 8.61. The monoisotopic (exact) mass is 306 g/mol. The molecule has 0 saturated carbocycles. The van der Waals surface area contributed by atoms with Gasteiger partial charge < -0.3 is 4.40 Å². The molecule has 2 aromatic rings. The third kappa shape index (κ3) is 2.71. The van der Waals surface area contributed by atoms with Crippen LogP contribution in [0, 0.1) is 11.3 Å². The molecule has 0 radical (unpaired) electrons. The van der Waals surface area contributed by atoms with Crippen molar-refractivity contribution in [2.45, 2.75) is 25.9 Å². The molecule has 0 aliphatic heterocycles. The molecule has 0 unspecified atom stereocenters. The number of hydrogen-bond donors (Lipinski definition) is 0. The van der Waals surface area contributed by atoms with E-state index in [2.05, 4.69) is 43.2 Å². The van der Waals surface area contributed by atoms with Gasteiger partial charge in [0.2, 0.25) is 0 Å². The summed E-state index contributed by atoms with van der Waals surface area (Å²) in [5, 5.41) is 8.72. The topological polar surface area (TPSA) is 44.3 Å². The second kappa shape index (κ2) is 5.51. The number of imidazole rings is 1. The average molecular weight is 307 g/mol. The van der Waals surface area contributed by atoms with Crippen molar-refractivity contribution in [3.8, 4) is 6.07 Å². The summed E-state index contributed by atoms with van der Waals surface area (Å²) < 4.78 is 3.10. The third-order valence-electron chi connectivity index (χ3n) is 3.10. The summed E-state index contributed by atoms with van der Waals surface area (Å²) >= 11 is 3.47. The van der Waals surface area contributed by atoms with E-state index < -0.39 is 0 Å². The lowest BCUT2D eigenvalue weighted by Gasteiger charge is -2.22. The minimum absolute atomic E-state index is 0.243.